The maximum Gasteiger partial charge on any atom is 0.573 e. The van der Waals surface area contributed by atoms with Crippen LogP contribution in [0, 0.1) is 23.4 Å². The first-order chi connectivity index (χ1) is 20.8. The van der Waals surface area contributed by atoms with Crippen molar-refractivity contribution in [3.8, 4) is 0 Å². The lowest BCUT2D eigenvalue weighted by Crippen LogP contribution is -2.40. The highest BCUT2D eigenvalue weighted by molar-refractivity contribution is 7.93. The van der Waals surface area contributed by atoms with Crippen LogP contribution in [0.1, 0.15) is 28.8 Å². The van der Waals surface area contributed by atoms with Gasteiger partial charge in [0, 0.05) is 11.6 Å². The van der Waals surface area contributed by atoms with E-state index < -0.39 is 84.7 Å². The third kappa shape index (κ3) is 7.42. The lowest BCUT2D eigenvalue weighted by atomic mass is 10.1. The molecule has 0 heterocycles. The minimum absolute atomic E-state index is 0.0284. The Bertz CT molecular complexity index is 1700. The van der Waals surface area contributed by atoms with E-state index in [4.69, 9.17) is 46.4 Å². The van der Waals surface area contributed by atoms with Gasteiger partial charge >= 0.3 is 5.51 Å². The van der Waals surface area contributed by atoms with E-state index in [0.717, 1.165) is 18.2 Å². The third-order valence-corrected chi connectivity index (χ3v) is 9.50. The number of carbonyl (C=O) groups is 3. The van der Waals surface area contributed by atoms with Crippen molar-refractivity contribution in [1.29, 1.82) is 0 Å². The van der Waals surface area contributed by atoms with Crippen LogP contribution in [-0.4, -0.2) is 37.4 Å². The van der Waals surface area contributed by atoms with Gasteiger partial charge in [-0.25, -0.2) is 13.2 Å². The number of amides is 3. The van der Waals surface area contributed by atoms with Gasteiger partial charge in [-0.15, -0.1) is 36.4 Å². The predicted octanol–water partition coefficient (Wildman–Crippen LogP) is 7.78. The van der Waals surface area contributed by atoms with Crippen LogP contribution in [0.4, 0.5) is 43.4 Å². The summed E-state index contributed by atoms with van der Waals surface area (Å²) in [5.74, 6) is -8.75. The maximum absolute atomic E-state index is 15.1. The number of hydrogen-bond donors (Lipinski definition) is 3. The zero-order valence-corrected chi connectivity index (χ0v) is 26.0. The molecule has 7 nitrogen and oxygen atoms in total. The van der Waals surface area contributed by atoms with Gasteiger partial charge in [0.05, 0.1) is 38.4 Å². The highest BCUT2D eigenvalue weighted by atomic mass is 35.5. The number of alkyl halides is 5. The molecule has 3 amide bonds. The second-order valence-electron chi connectivity index (χ2n) is 9.60. The van der Waals surface area contributed by atoms with Crippen molar-refractivity contribution >= 4 is 92.4 Å². The van der Waals surface area contributed by atoms with Crippen molar-refractivity contribution in [2.75, 3.05) is 16.0 Å². The Hall–Kier alpha value is -2.88. The fraction of sp³-hybridized carbons (Fsp3) is 0.222. The summed E-state index contributed by atoms with van der Waals surface area (Å²) in [6.07, 6.45) is 0. The second kappa shape index (κ2) is 13.1. The highest BCUT2D eigenvalue weighted by Gasteiger charge is 2.67. The van der Waals surface area contributed by atoms with Crippen LogP contribution in [0.2, 0.25) is 10.0 Å². The lowest BCUT2D eigenvalue weighted by molar-refractivity contribution is -0.117. The molecule has 2 unspecified atom stereocenters. The summed E-state index contributed by atoms with van der Waals surface area (Å²) in [6, 6.07) is 8.80. The molecule has 4 atom stereocenters. The molecule has 18 heteroatoms. The molecule has 1 aliphatic carbocycles. The van der Waals surface area contributed by atoms with Gasteiger partial charge in [0.15, 0.2) is 11.1 Å². The van der Waals surface area contributed by atoms with E-state index in [1.54, 1.807) is 5.32 Å². The molecule has 3 N–H and O–H groups in total. The molecule has 3 aromatic rings. The van der Waals surface area contributed by atoms with Gasteiger partial charge in [-0.3, -0.25) is 14.4 Å². The fourth-order valence-corrected chi connectivity index (χ4v) is 6.12. The largest absolute Gasteiger partial charge is 0.609 e. The second-order valence-corrected chi connectivity index (χ2v) is 13.6. The van der Waals surface area contributed by atoms with Gasteiger partial charge in [0.25, 0.3) is 11.8 Å². The van der Waals surface area contributed by atoms with Crippen LogP contribution >= 0.6 is 46.4 Å². The minimum Gasteiger partial charge on any atom is -0.609 e. The van der Waals surface area contributed by atoms with Crippen molar-refractivity contribution < 1.29 is 45.3 Å². The van der Waals surface area contributed by atoms with E-state index in [1.807, 2.05) is 0 Å². The Balaban J connectivity index is 1.50. The minimum atomic E-state index is -5.26. The van der Waals surface area contributed by atoms with Crippen molar-refractivity contribution in [3.63, 3.8) is 0 Å². The monoisotopic (exact) mass is 733 g/mol. The first kappa shape index (κ1) is 35.0. The van der Waals surface area contributed by atoms with Gasteiger partial charge in [-0.05, 0) is 55.0 Å². The van der Waals surface area contributed by atoms with Crippen molar-refractivity contribution in [1.82, 2.24) is 0 Å². The van der Waals surface area contributed by atoms with Crippen LogP contribution in [0.5, 0.6) is 0 Å². The summed E-state index contributed by atoms with van der Waals surface area (Å²) in [4.78, 5) is 38.1. The van der Waals surface area contributed by atoms with Crippen molar-refractivity contribution in [2.24, 2.45) is 5.92 Å². The molecule has 0 spiro atoms. The van der Waals surface area contributed by atoms with Crippen LogP contribution in [-0.2, 0) is 20.8 Å². The number of anilines is 3. The summed E-state index contributed by atoms with van der Waals surface area (Å²) in [5.41, 5.74) is -7.05. The highest BCUT2D eigenvalue weighted by Crippen LogP contribution is 2.65. The van der Waals surface area contributed by atoms with Gasteiger partial charge in [-0.1, -0.05) is 29.3 Å². The summed E-state index contributed by atoms with van der Waals surface area (Å²) in [6.45, 7) is 0.649. The summed E-state index contributed by atoms with van der Waals surface area (Å²) >= 11 is 20.9. The standard InChI is InChI=1S/C27H17Cl4F6N3O4S/c1-10(45(44)27(35,36)37)23(41)40-22-17(33)6-7-18(21(22)34)39-24(42)13-9-12(3-4-14(13)28)38-25(43)20-19(26(20,30)31)11-2-5-16(32)15(29)8-11/h2-10,19-20H,1H3,(H,38,43)(H,39,42)(H,40,41)/t10?,19-,20+,45?/m0/s1. The van der Waals surface area contributed by atoms with E-state index in [-0.39, 0.29) is 21.3 Å². The zero-order chi connectivity index (χ0) is 33.6. The molecule has 1 fully saturated rings. The smallest absolute Gasteiger partial charge is 0.573 e. The Morgan fingerprint density at radius 2 is 1.56 bits per heavy atom. The number of carbonyl (C=O) groups excluding carboxylic acids is 3. The molecular formula is C27H17Cl4F6N3O4S. The molecule has 1 aliphatic rings. The molecule has 0 radical (unpaired) electrons. The van der Waals surface area contributed by atoms with E-state index >= 15 is 4.39 Å². The normalized spacial score (nSPS) is 18.5. The van der Waals surface area contributed by atoms with Gasteiger partial charge in [0.1, 0.15) is 21.7 Å². The fourth-order valence-electron chi connectivity index (χ4n) is 4.25. The molecule has 0 saturated heterocycles. The Morgan fingerprint density at radius 3 is 2.18 bits per heavy atom. The van der Waals surface area contributed by atoms with E-state index in [9.17, 15) is 40.9 Å². The molecule has 4 rings (SSSR count). The zero-order valence-electron chi connectivity index (χ0n) is 22.2. The average Bonchev–Trinajstić information content (AvgIpc) is 3.55. The summed E-state index contributed by atoms with van der Waals surface area (Å²) in [5, 5.41) is 3.65. The van der Waals surface area contributed by atoms with Crippen LogP contribution in [0.15, 0.2) is 48.5 Å². The molecule has 240 valence electrons. The van der Waals surface area contributed by atoms with E-state index in [1.165, 1.54) is 24.3 Å². The number of rotatable bonds is 8. The lowest BCUT2D eigenvalue weighted by Gasteiger charge is -2.19. The quantitative estimate of drug-likeness (QED) is 0.125. The molecule has 45 heavy (non-hydrogen) atoms. The van der Waals surface area contributed by atoms with Crippen molar-refractivity contribution in [3.05, 3.63) is 87.2 Å². The molecule has 1 saturated carbocycles. The average molecular weight is 735 g/mol. The van der Waals surface area contributed by atoms with E-state index in [2.05, 4.69) is 10.6 Å². The SMILES string of the molecule is CC(C(=O)Nc1c(F)ccc(NC(=O)c2cc(NC(=O)[C@H]3[C@H](c4ccc(F)c(Cl)c4)C3(Cl)Cl)ccc2Cl)c1F)[S+]([O-])C(F)(F)F. The Labute approximate surface area is 273 Å². The predicted molar refractivity (Wildman–Crippen MR) is 159 cm³/mol. The maximum atomic E-state index is 15.1. The van der Waals surface area contributed by atoms with Crippen LogP contribution < -0.4 is 16.0 Å². The number of halogens is 10. The van der Waals surface area contributed by atoms with Crippen LogP contribution in [0.3, 0.4) is 0 Å². The number of hydrogen-bond acceptors (Lipinski definition) is 4. The number of benzene rings is 3. The van der Waals surface area contributed by atoms with Gasteiger partial charge in [0.2, 0.25) is 5.91 Å². The van der Waals surface area contributed by atoms with Crippen molar-refractivity contribution in [2.45, 2.75) is 27.9 Å². The third-order valence-electron chi connectivity index (χ3n) is 6.62. The van der Waals surface area contributed by atoms with Gasteiger partial charge in [-0.2, -0.15) is 0 Å². The van der Waals surface area contributed by atoms with Crippen LogP contribution in [0.25, 0.3) is 0 Å². The topological polar surface area (TPSA) is 110 Å². The summed E-state index contributed by atoms with van der Waals surface area (Å²) in [7, 11) is 0. The Kier molecular flexibility index (Phi) is 10.2. The molecule has 0 bridgehead atoms. The Morgan fingerprint density at radius 1 is 0.911 bits per heavy atom. The molecule has 0 aromatic heterocycles. The molecule has 3 aromatic carbocycles. The van der Waals surface area contributed by atoms with Gasteiger partial charge < -0.3 is 20.5 Å². The molecule has 0 aliphatic heterocycles. The summed E-state index contributed by atoms with van der Waals surface area (Å²) < 4.78 is 91.0. The first-order valence-corrected chi connectivity index (χ1v) is 15.1. The molecular weight excluding hydrogens is 718 g/mol. The van der Waals surface area contributed by atoms with E-state index in [0.29, 0.717) is 18.6 Å². The first-order valence-electron chi connectivity index (χ1n) is 12.3. The number of nitrogens with one attached hydrogen (secondary N) is 3.